The van der Waals surface area contributed by atoms with Crippen molar-refractivity contribution in [2.45, 2.75) is 33.2 Å². The van der Waals surface area contributed by atoms with Gasteiger partial charge in [0.05, 0.1) is 5.56 Å². The molecule has 0 aliphatic heterocycles. The second-order valence-corrected chi connectivity index (χ2v) is 4.12. The van der Waals surface area contributed by atoms with Crippen LogP contribution in [0.25, 0.3) is 0 Å². The summed E-state index contributed by atoms with van der Waals surface area (Å²) in [7, 11) is 0. The highest BCUT2D eigenvalue weighted by Gasteiger charge is 2.15. The first kappa shape index (κ1) is 14.0. The number of carbonyl (C=O) groups excluding carboxylic acids is 1. The number of carbonyl (C=O) groups is 1. The van der Waals surface area contributed by atoms with Crippen LogP contribution in [-0.2, 0) is 4.79 Å². The van der Waals surface area contributed by atoms with Crippen molar-refractivity contribution >= 4 is 11.7 Å². The van der Waals surface area contributed by atoms with Crippen molar-refractivity contribution in [3.63, 3.8) is 0 Å². The van der Waals surface area contributed by atoms with Crippen molar-refractivity contribution in [1.29, 1.82) is 5.26 Å². The number of hydrogen-bond acceptors (Lipinski definition) is 4. The summed E-state index contributed by atoms with van der Waals surface area (Å²) in [6.45, 7) is 6.23. The van der Waals surface area contributed by atoms with Gasteiger partial charge in [0.2, 0.25) is 5.91 Å². The molecule has 2 N–H and O–H groups in total. The summed E-state index contributed by atoms with van der Waals surface area (Å²) in [6.07, 6.45) is 2.51. The maximum atomic E-state index is 11.7. The molecule has 1 unspecified atom stereocenters. The van der Waals surface area contributed by atoms with E-state index in [1.165, 1.54) is 0 Å². The maximum Gasteiger partial charge on any atom is 0.242 e. The van der Waals surface area contributed by atoms with E-state index in [2.05, 4.69) is 21.7 Å². The molecule has 5 nitrogen and oxygen atoms in total. The molecule has 0 radical (unpaired) electrons. The molecule has 18 heavy (non-hydrogen) atoms. The van der Waals surface area contributed by atoms with Gasteiger partial charge in [-0.3, -0.25) is 4.79 Å². The number of aryl methyl sites for hydroxylation is 1. The van der Waals surface area contributed by atoms with Gasteiger partial charge in [0.15, 0.2) is 0 Å². The van der Waals surface area contributed by atoms with Gasteiger partial charge in [-0.15, -0.1) is 0 Å². The number of nitrogens with one attached hydrogen (secondary N) is 2. The molecule has 0 aromatic carbocycles. The maximum absolute atomic E-state index is 11.7. The molecule has 0 aliphatic carbocycles. The number of pyridine rings is 1. The topological polar surface area (TPSA) is 77.8 Å². The summed E-state index contributed by atoms with van der Waals surface area (Å²) in [5.74, 6) is 0.362. The Morgan fingerprint density at radius 3 is 2.94 bits per heavy atom. The minimum atomic E-state index is -0.419. The van der Waals surface area contributed by atoms with Crippen LogP contribution in [0.4, 0.5) is 5.82 Å². The lowest BCUT2D eigenvalue weighted by atomic mass is 10.1. The van der Waals surface area contributed by atoms with Crippen molar-refractivity contribution in [1.82, 2.24) is 10.3 Å². The molecular weight excluding hydrogens is 228 g/mol. The van der Waals surface area contributed by atoms with Gasteiger partial charge in [-0.25, -0.2) is 4.98 Å². The summed E-state index contributed by atoms with van der Waals surface area (Å²) in [6, 6.07) is 3.45. The predicted molar refractivity (Wildman–Crippen MR) is 70.1 cm³/mol. The van der Waals surface area contributed by atoms with E-state index in [-0.39, 0.29) is 5.91 Å². The first-order valence-corrected chi connectivity index (χ1v) is 6.00. The number of anilines is 1. The van der Waals surface area contributed by atoms with Gasteiger partial charge >= 0.3 is 0 Å². The molecule has 1 atom stereocenters. The zero-order chi connectivity index (χ0) is 13.5. The lowest BCUT2D eigenvalue weighted by molar-refractivity contribution is -0.121. The van der Waals surface area contributed by atoms with Crippen LogP contribution >= 0.6 is 0 Å². The van der Waals surface area contributed by atoms with Gasteiger partial charge in [-0.1, -0.05) is 6.92 Å². The van der Waals surface area contributed by atoms with E-state index >= 15 is 0 Å². The molecule has 1 rings (SSSR count). The zero-order valence-corrected chi connectivity index (χ0v) is 10.9. The van der Waals surface area contributed by atoms with E-state index in [1.807, 2.05) is 13.8 Å². The van der Waals surface area contributed by atoms with Crippen LogP contribution in [0.1, 0.15) is 31.4 Å². The number of hydrogen-bond donors (Lipinski definition) is 2. The third-order valence-corrected chi connectivity index (χ3v) is 2.57. The highest BCUT2D eigenvalue weighted by Crippen LogP contribution is 2.15. The Kier molecular flexibility index (Phi) is 5.12. The molecule has 0 bridgehead atoms. The van der Waals surface area contributed by atoms with Crippen molar-refractivity contribution in [3.8, 4) is 6.07 Å². The number of nitriles is 1. The van der Waals surface area contributed by atoms with Crippen LogP contribution in [0, 0.1) is 18.3 Å². The number of amides is 1. The number of nitrogens with zero attached hydrogens (tertiary/aromatic N) is 2. The van der Waals surface area contributed by atoms with Crippen molar-refractivity contribution in [2.24, 2.45) is 0 Å². The third kappa shape index (κ3) is 3.45. The molecule has 5 heteroatoms. The molecule has 1 aromatic rings. The average Bonchev–Trinajstić information content (AvgIpc) is 2.36. The Labute approximate surface area is 107 Å². The minimum Gasteiger partial charge on any atom is -0.358 e. The number of rotatable bonds is 5. The Balaban J connectivity index is 2.76. The lowest BCUT2D eigenvalue weighted by Crippen LogP contribution is -2.38. The Morgan fingerprint density at radius 1 is 1.61 bits per heavy atom. The summed E-state index contributed by atoms with van der Waals surface area (Å²) in [5, 5.41) is 14.8. The summed E-state index contributed by atoms with van der Waals surface area (Å²) in [5.41, 5.74) is 1.32. The van der Waals surface area contributed by atoms with E-state index in [0.29, 0.717) is 17.9 Å². The molecule has 0 fully saturated rings. The zero-order valence-electron chi connectivity index (χ0n) is 10.9. The molecule has 0 saturated carbocycles. The van der Waals surface area contributed by atoms with Gasteiger partial charge in [0.1, 0.15) is 17.9 Å². The van der Waals surface area contributed by atoms with Gasteiger partial charge in [-0.2, -0.15) is 5.26 Å². The van der Waals surface area contributed by atoms with E-state index in [1.54, 1.807) is 19.2 Å². The van der Waals surface area contributed by atoms with Gasteiger partial charge < -0.3 is 10.6 Å². The molecule has 1 amide bonds. The average molecular weight is 246 g/mol. The van der Waals surface area contributed by atoms with E-state index in [9.17, 15) is 4.79 Å². The Morgan fingerprint density at radius 2 is 2.33 bits per heavy atom. The van der Waals surface area contributed by atoms with Crippen molar-refractivity contribution < 1.29 is 4.79 Å². The van der Waals surface area contributed by atoms with E-state index in [4.69, 9.17) is 5.26 Å². The third-order valence-electron chi connectivity index (χ3n) is 2.57. The van der Waals surface area contributed by atoms with Crippen LogP contribution in [0.2, 0.25) is 0 Å². The lowest BCUT2D eigenvalue weighted by Gasteiger charge is -2.15. The fraction of sp³-hybridized carbons (Fsp3) is 0.462. The Hall–Kier alpha value is -2.09. The summed E-state index contributed by atoms with van der Waals surface area (Å²) < 4.78 is 0. The molecule has 0 spiro atoms. The van der Waals surface area contributed by atoms with Crippen LogP contribution in [0.3, 0.4) is 0 Å². The Bertz CT molecular complexity index is 465. The first-order chi connectivity index (χ1) is 8.60. The minimum absolute atomic E-state index is 0.0935. The first-order valence-electron chi connectivity index (χ1n) is 6.00. The molecule has 1 heterocycles. The molecule has 96 valence electrons. The molecule has 0 saturated heterocycles. The van der Waals surface area contributed by atoms with E-state index < -0.39 is 6.04 Å². The van der Waals surface area contributed by atoms with Crippen molar-refractivity contribution in [3.05, 3.63) is 23.4 Å². The predicted octanol–water partition coefficient (Wildman–Crippen LogP) is 1.59. The largest absolute Gasteiger partial charge is 0.358 e. The smallest absolute Gasteiger partial charge is 0.242 e. The summed E-state index contributed by atoms with van der Waals surface area (Å²) >= 11 is 0. The van der Waals surface area contributed by atoms with Gasteiger partial charge in [0.25, 0.3) is 0 Å². The highest BCUT2D eigenvalue weighted by atomic mass is 16.2. The molecular formula is C13H18N4O. The summed E-state index contributed by atoms with van der Waals surface area (Å²) in [4.78, 5) is 15.8. The number of aromatic nitrogens is 1. The second kappa shape index (κ2) is 6.60. The quantitative estimate of drug-likeness (QED) is 0.827. The molecule has 0 aliphatic rings. The molecule has 1 aromatic heterocycles. The van der Waals surface area contributed by atoms with Gasteiger partial charge in [-0.05, 0) is 31.9 Å². The fourth-order valence-corrected chi connectivity index (χ4v) is 1.48. The normalized spacial score (nSPS) is 11.4. The standard InChI is InChI=1S/C13H18N4O/c1-4-6-16-13(18)10(3)17-12-11(8-14)9(2)5-7-15-12/h5,7,10H,4,6H2,1-3H3,(H,15,17)(H,16,18). The highest BCUT2D eigenvalue weighted by molar-refractivity contribution is 5.84. The monoisotopic (exact) mass is 246 g/mol. The SMILES string of the molecule is CCCNC(=O)C(C)Nc1nccc(C)c1C#N. The fourth-order valence-electron chi connectivity index (χ4n) is 1.48. The van der Waals surface area contributed by atoms with E-state index in [0.717, 1.165) is 12.0 Å². The van der Waals surface area contributed by atoms with Crippen LogP contribution in [0.15, 0.2) is 12.3 Å². The van der Waals surface area contributed by atoms with Crippen molar-refractivity contribution in [2.75, 3.05) is 11.9 Å². The second-order valence-electron chi connectivity index (χ2n) is 4.12. The van der Waals surface area contributed by atoms with Gasteiger partial charge in [0, 0.05) is 12.7 Å². The van der Waals surface area contributed by atoms with Crippen LogP contribution < -0.4 is 10.6 Å². The van der Waals surface area contributed by atoms with Crippen LogP contribution in [0.5, 0.6) is 0 Å². The van der Waals surface area contributed by atoms with Crippen LogP contribution in [-0.4, -0.2) is 23.5 Å².